The second-order valence-electron chi connectivity index (χ2n) is 4.77. The number of nitrogens with one attached hydrogen (secondary N) is 2. The van der Waals surface area contributed by atoms with E-state index in [1.165, 1.54) is 0 Å². The van der Waals surface area contributed by atoms with Gasteiger partial charge in [-0.25, -0.2) is 0 Å². The molecule has 0 heterocycles. The smallest absolute Gasteiger partial charge is 0.191 e. The summed E-state index contributed by atoms with van der Waals surface area (Å²) in [6, 6.07) is 0.203. The Morgan fingerprint density at radius 2 is 2.24 bits per heavy atom. The Kier molecular flexibility index (Phi) is 5.71. The third-order valence-electron chi connectivity index (χ3n) is 2.96. The lowest BCUT2D eigenvalue weighted by molar-refractivity contribution is -0.0236. The highest BCUT2D eigenvalue weighted by Gasteiger charge is 2.34. The maximum atomic E-state index is 9.98. The van der Waals surface area contributed by atoms with E-state index in [1.807, 2.05) is 13.8 Å². The quantitative estimate of drug-likeness (QED) is 0.469. The molecule has 0 aromatic rings. The third kappa shape index (κ3) is 4.91. The molecule has 0 aromatic carbocycles. The summed E-state index contributed by atoms with van der Waals surface area (Å²) in [5.41, 5.74) is -0.563. The Morgan fingerprint density at radius 1 is 1.53 bits per heavy atom. The summed E-state index contributed by atoms with van der Waals surface area (Å²) >= 11 is 0. The first-order valence-electron chi connectivity index (χ1n) is 6.36. The van der Waals surface area contributed by atoms with Crippen molar-refractivity contribution < 1.29 is 9.84 Å². The van der Waals surface area contributed by atoms with E-state index in [-0.39, 0.29) is 6.04 Å². The van der Waals surface area contributed by atoms with E-state index in [0.717, 1.165) is 31.8 Å². The highest BCUT2D eigenvalue weighted by Crippen LogP contribution is 2.31. The van der Waals surface area contributed by atoms with Gasteiger partial charge in [-0.3, -0.25) is 4.99 Å². The predicted octanol–water partition coefficient (Wildman–Crippen LogP) is 0.491. The van der Waals surface area contributed by atoms with Gasteiger partial charge in [0.2, 0.25) is 0 Å². The number of aliphatic imine (C=N–C) groups is 1. The monoisotopic (exact) mass is 243 g/mol. The van der Waals surface area contributed by atoms with Gasteiger partial charge in [0.25, 0.3) is 0 Å². The van der Waals surface area contributed by atoms with Crippen LogP contribution in [0.1, 0.15) is 33.1 Å². The van der Waals surface area contributed by atoms with E-state index in [9.17, 15) is 5.11 Å². The summed E-state index contributed by atoms with van der Waals surface area (Å²) in [6.07, 6.45) is 2.84. The van der Waals surface area contributed by atoms with Gasteiger partial charge in [0.05, 0.1) is 18.8 Å². The Bertz CT molecular complexity index is 252. The van der Waals surface area contributed by atoms with Crippen molar-refractivity contribution in [2.45, 2.75) is 44.8 Å². The predicted molar refractivity (Wildman–Crippen MR) is 69.3 cm³/mol. The third-order valence-corrected chi connectivity index (χ3v) is 2.96. The van der Waals surface area contributed by atoms with Crippen molar-refractivity contribution >= 4 is 5.96 Å². The van der Waals surface area contributed by atoms with Crippen LogP contribution >= 0.6 is 0 Å². The molecule has 1 unspecified atom stereocenters. The van der Waals surface area contributed by atoms with Gasteiger partial charge in [0.1, 0.15) is 0 Å². The first kappa shape index (κ1) is 14.3. The zero-order valence-corrected chi connectivity index (χ0v) is 11.1. The number of ether oxygens (including phenoxy) is 1. The maximum absolute atomic E-state index is 9.98. The van der Waals surface area contributed by atoms with Crippen LogP contribution in [0.25, 0.3) is 0 Å². The number of nitrogens with zero attached hydrogens (tertiary/aromatic N) is 1. The van der Waals surface area contributed by atoms with Crippen molar-refractivity contribution in [2.75, 3.05) is 26.8 Å². The summed E-state index contributed by atoms with van der Waals surface area (Å²) in [5, 5.41) is 16.4. The van der Waals surface area contributed by atoms with E-state index in [0.29, 0.717) is 13.2 Å². The molecule has 1 aliphatic rings. The molecular formula is C12H25N3O2. The lowest BCUT2D eigenvalue weighted by Crippen LogP contribution is -2.46. The Balaban J connectivity index is 2.42. The molecule has 1 saturated carbocycles. The molecule has 100 valence electrons. The van der Waals surface area contributed by atoms with Crippen molar-refractivity contribution in [1.82, 2.24) is 10.6 Å². The standard InChI is InChI=1S/C12H25N3O2/c1-4-13-11(15-10(2)8-17-3)14-9-12(16)6-5-7-12/h10,16H,4-9H2,1-3H3,(H2,13,14,15). The number of aliphatic hydroxyl groups is 1. The molecule has 0 saturated heterocycles. The molecule has 0 aromatic heterocycles. The lowest BCUT2D eigenvalue weighted by atomic mass is 9.80. The number of hydrogen-bond acceptors (Lipinski definition) is 3. The minimum absolute atomic E-state index is 0.203. The van der Waals surface area contributed by atoms with Gasteiger partial charge in [-0.05, 0) is 33.1 Å². The zero-order valence-electron chi connectivity index (χ0n) is 11.1. The first-order valence-corrected chi connectivity index (χ1v) is 6.36. The Morgan fingerprint density at radius 3 is 2.71 bits per heavy atom. The van der Waals surface area contributed by atoms with Crippen LogP contribution < -0.4 is 10.6 Å². The minimum atomic E-state index is -0.563. The van der Waals surface area contributed by atoms with E-state index < -0.39 is 5.60 Å². The molecule has 0 spiro atoms. The topological polar surface area (TPSA) is 65.9 Å². The number of hydrogen-bond donors (Lipinski definition) is 3. The molecule has 3 N–H and O–H groups in total. The van der Waals surface area contributed by atoms with Crippen LogP contribution in [0.3, 0.4) is 0 Å². The Hall–Kier alpha value is -0.810. The van der Waals surface area contributed by atoms with E-state index >= 15 is 0 Å². The first-order chi connectivity index (χ1) is 8.09. The van der Waals surface area contributed by atoms with E-state index in [4.69, 9.17) is 4.74 Å². The van der Waals surface area contributed by atoms with E-state index in [2.05, 4.69) is 15.6 Å². The van der Waals surface area contributed by atoms with Crippen LogP contribution in [-0.2, 0) is 4.74 Å². The molecule has 0 radical (unpaired) electrons. The average Bonchev–Trinajstić information content (AvgIpc) is 2.24. The van der Waals surface area contributed by atoms with Gasteiger partial charge in [-0.15, -0.1) is 0 Å². The second kappa shape index (κ2) is 6.81. The summed E-state index contributed by atoms with van der Waals surface area (Å²) in [6.45, 7) is 5.98. The van der Waals surface area contributed by atoms with Crippen molar-refractivity contribution in [3.05, 3.63) is 0 Å². The second-order valence-corrected chi connectivity index (χ2v) is 4.77. The van der Waals surface area contributed by atoms with Crippen molar-refractivity contribution in [3.8, 4) is 0 Å². The molecule has 1 atom stereocenters. The summed E-state index contributed by atoms with van der Waals surface area (Å²) in [7, 11) is 1.68. The lowest BCUT2D eigenvalue weighted by Gasteiger charge is -2.35. The molecule has 0 amide bonds. The normalized spacial score (nSPS) is 20.6. The van der Waals surface area contributed by atoms with Crippen molar-refractivity contribution in [3.63, 3.8) is 0 Å². The molecule has 1 fully saturated rings. The molecule has 1 aliphatic carbocycles. The van der Waals surface area contributed by atoms with Gasteiger partial charge in [0, 0.05) is 19.7 Å². The molecular weight excluding hydrogens is 218 g/mol. The summed E-state index contributed by atoms with van der Waals surface area (Å²) in [4.78, 5) is 4.42. The number of guanidine groups is 1. The SMILES string of the molecule is CCNC(=NCC1(O)CCC1)NC(C)COC. The van der Waals surface area contributed by atoms with Crippen LogP contribution in [0.15, 0.2) is 4.99 Å². The molecule has 0 bridgehead atoms. The molecule has 0 aliphatic heterocycles. The minimum Gasteiger partial charge on any atom is -0.388 e. The fourth-order valence-corrected chi connectivity index (χ4v) is 1.81. The van der Waals surface area contributed by atoms with Gasteiger partial charge < -0.3 is 20.5 Å². The fraction of sp³-hybridized carbons (Fsp3) is 0.917. The maximum Gasteiger partial charge on any atom is 0.191 e. The summed E-state index contributed by atoms with van der Waals surface area (Å²) in [5.74, 6) is 0.748. The molecule has 1 rings (SSSR count). The van der Waals surface area contributed by atoms with Gasteiger partial charge in [-0.2, -0.15) is 0 Å². The van der Waals surface area contributed by atoms with Crippen LogP contribution in [-0.4, -0.2) is 49.5 Å². The molecule has 17 heavy (non-hydrogen) atoms. The fourth-order valence-electron chi connectivity index (χ4n) is 1.81. The highest BCUT2D eigenvalue weighted by atomic mass is 16.5. The average molecular weight is 243 g/mol. The molecule has 5 nitrogen and oxygen atoms in total. The van der Waals surface area contributed by atoms with Gasteiger partial charge in [0.15, 0.2) is 5.96 Å². The molecule has 5 heteroatoms. The van der Waals surface area contributed by atoms with E-state index in [1.54, 1.807) is 7.11 Å². The number of methoxy groups -OCH3 is 1. The Labute approximate surface area is 104 Å². The van der Waals surface area contributed by atoms with Crippen LogP contribution in [0.2, 0.25) is 0 Å². The largest absolute Gasteiger partial charge is 0.388 e. The van der Waals surface area contributed by atoms with Gasteiger partial charge >= 0.3 is 0 Å². The van der Waals surface area contributed by atoms with Crippen molar-refractivity contribution in [1.29, 1.82) is 0 Å². The van der Waals surface area contributed by atoms with Crippen LogP contribution in [0, 0.1) is 0 Å². The highest BCUT2D eigenvalue weighted by molar-refractivity contribution is 5.80. The number of rotatable bonds is 6. The van der Waals surface area contributed by atoms with Crippen molar-refractivity contribution in [2.24, 2.45) is 4.99 Å². The zero-order chi connectivity index (χ0) is 12.7. The van der Waals surface area contributed by atoms with Crippen LogP contribution in [0.4, 0.5) is 0 Å². The van der Waals surface area contributed by atoms with Gasteiger partial charge in [-0.1, -0.05) is 0 Å². The van der Waals surface area contributed by atoms with Crippen LogP contribution in [0.5, 0.6) is 0 Å². The summed E-state index contributed by atoms with van der Waals surface area (Å²) < 4.78 is 5.07.